The molecule has 2 N–H and O–H groups in total. The van der Waals surface area contributed by atoms with Gasteiger partial charge in [-0.2, -0.15) is 0 Å². The molecule has 2 rings (SSSR count). The van der Waals surface area contributed by atoms with Gasteiger partial charge in [0.25, 0.3) is 0 Å². The Morgan fingerprint density at radius 1 is 1.33 bits per heavy atom. The number of nitrogens with two attached hydrogens (primary N) is 1. The fraction of sp³-hybridized carbons (Fsp3) is 0.667. The second-order valence-corrected chi connectivity index (χ2v) is 4.37. The number of aryl methyl sites for hydroxylation is 1. The summed E-state index contributed by atoms with van der Waals surface area (Å²) in [4.78, 5) is 8.79. The van der Waals surface area contributed by atoms with Crippen LogP contribution >= 0.6 is 0 Å². The summed E-state index contributed by atoms with van der Waals surface area (Å²) in [5.74, 6) is 1.49. The van der Waals surface area contributed by atoms with E-state index in [9.17, 15) is 0 Å². The molecule has 0 radical (unpaired) electrons. The van der Waals surface area contributed by atoms with Crippen molar-refractivity contribution in [3.8, 4) is 0 Å². The van der Waals surface area contributed by atoms with Gasteiger partial charge in [-0.1, -0.05) is 19.3 Å². The number of nitrogens with zero attached hydrogens (tertiary/aromatic N) is 2. The van der Waals surface area contributed by atoms with Crippen LogP contribution in [-0.4, -0.2) is 9.97 Å². The monoisotopic (exact) mass is 205 g/mol. The average Bonchev–Trinajstić information content (AvgIpc) is 2.30. The normalized spacial score (nSPS) is 18.0. The summed E-state index contributed by atoms with van der Waals surface area (Å²) in [6.45, 7) is 2.51. The maximum Gasteiger partial charge on any atom is 0.125 e. The van der Waals surface area contributed by atoms with Gasteiger partial charge in [0.05, 0.1) is 5.69 Å². The number of rotatable bonds is 2. The molecule has 15 heavy (non-hydrogen) atoms. The lowest BCUT2D eigenvalue weighted by Gasteiger charge is -2.23. The molecule has 3 heteroatoms. The van der Waals surface area contributed by atoms with Crippen molar-refractivity contribution >= 4 is 0 Å². The van der Waals surface area contributed by atoms with E-state index in [-0.39, 0.29) is 0 Å². The Morgan fingerprint density at radius 3 is 2.73 bits per heavy atom. The molecule has 0 unspecified atom stereocenters. The van der Waals surface area contributed by atoms with Crippen LogP contribution in [0.25, 0.3) is 0 Å². The highest BCUT2D eigenvalue weighted by atomic mass is 14.9. The van der Waals surface area contributed by atoms with Crippen molar-refractivity contribution in [1.82, 2.24) is 9.97 Å². The van der Waals surface area contributed by atoms with E-state index in [1.54, 1.807) is 0 Å². The lowest BCUT2D eigenvalue weighted by molar-refractivity contribution is 0.433. The third kappa shape index (κ3) is 2.34. The molecular weight excluding hydrogens is 186 g/mol. The second-order valence-electron chi connectivity index (χ2n) is 4.37. The summed E-state index contributed by atoms with van der Waals surface area (Å²) in [5, 5.41) is 0. The van der Waals surface area contributed by atoms with Crippen molar-refractivity contribution < 1.29 is 0 Å². The van der Waals surface area contributed by atoms with Crippen LogP contribution in [0.15, 0.2) is 6.20 Å². The Kier molecular flexibility index (Phi) is 3.31. The van der Waals surface area contributed by atoms with Crippen molar-refractivity contribution in [2.24, 2.45) is 5.73 Å². The first-order valence-electron chi connectivity index (χ1n) is 5.83. The minimum atomic E-state index is 0.562. The van der Waals surface area contributed by atoms with Gasteiger partial charge in [0.2, 0.25) is 0 Å². The third-order valence-electron chi connectivity index (χ3n) is 3.23. The van der Waals surface area contributed by atoms with E-state index in [0.29, 0.717) is 12.5 Å². The Morgan fingerprint density at radius 2 is 2.07 bits per heavy atom. The van der Waals surface area contributed by atoms with Crippen molar-refractivity contribution in [2.75, 3.05) is 0 Å². The van der Waals surface area contributed by atoms with E-state index in [4.69, 9.17) is 5.73 Å². The molecule has 0 bridgehead atoms. The second kappa shape index (κ2) is 4.71. The van der Waals surface area contributed by atoms with E-state index >= 15 is 0 Å². The van der Waals surface area contributed by atoms with Crippen LogP contribution in [0.5, 0.6) is 0 Å². The molecule has 0 saturated heterocycles. The standard InChI is InChI=1S/C12H19N3/c1-9-14-8-11(7-13)12(15-9)10-5-3-2-4-6-10/h8,10H,2-7,13H2,1H3. The van der Waals surface area contributed by atoms with E-state index in [1.165, 1.54) is 37.8 Å². The van der Waals surface area contributed by atoms with Crippen LogP contribution in [0.1, 0.15) is 55.1 Å². The van der Waals surface area contributed by atoms with Crippen molar-refractivity contribution in [3.05, 3.63) is 23.3 Å². The molecule has 1 aromatic heterocycles. The summed E-state index contributed by atoms with van der Waals surface area (Å²) in [7, 11) is 0. The van der Waals surface area contributed by atoms with Crippen LogP contribution < -0.4 is 5.73 Å². The molecule has 0 aliphatic heterocycles. The zero-order valence-electron chi connectivity index (χ0n) is 9.37. The Bertz CT molecular complexity index is 330. The Hall–Kier alpha value is -0.960. The number of aromatic nitrogens is 2. The fourth-order valence-corrected chi connectivity index (χ4v) is 2.40. The smallest absolute Gasteiger partial charge is 0.125 e. The minimum absolute atomic E-state index is 0.562. The van der Waals surface area contributed by atoms with E-state index in [2.05, 4.69) is 9.97 Å². The highest BCUT2D eigenvalue weighted by Gasteiger charge is 2.19. The molecule has 0 amide bonds. The Balaban J connectivity index is 2.27. The minimum Gasteiger partial charge on any atom is -0.326 e. The first-order chi connectivity index (χ1) is 7.31. The largest absolute Gasteiger partial charge is 0.326 e. The van der Waals surface area contributed by atoms with Gasteiger partial charge in [0.1, 0.15) is 5.82 Å². The quantitative estimate of drug-likeness (QED) is 0.806. The molecule has 3 nitrogen and oxygen atoms in total. The highest BCUT2D eigenvalue weighted by molar-refractivity contribution is 5.21. The topological polar surface area (TPSA) is 51.8 Å². The highest BCUT2D eigenvalue weighted by Crippen LogP contribution is 2.32. The molecule has 1 aliphatic carbocycles. The average molecular weight is 205 g/mol. The van der Waals surface area contributed by atoms with Gasteiger partial charge in [-0.3, -0.25) is 0 Å². The van der Waals surface area contributed by atoms with Crippen LogP contribution in [-0.2, 0) is 6.54 Å². The predicted molar refractivity (Wildman–Crippen MR) is 60.5 cm³/mol. The van der Waals surface area contributed by atoms with Crippen molar-refractivity contribution in [2.45, 2.75) is 51.5 Å². The van der Waals surface area contributed by atoms with Gasteiger partial charge in [-0.05, 0) is 19.8 Å². The van der Waals surface area contributed by atoms with Gasteiger partial charge >= 0.3 is 0 Å². The van der Waals surface area contributed by atoms with Crippen LogP contribution in [0, 0.1) is 6.92 Å². The molecular formula is C12H19N3. The van der Waals surface area contributed by atoms with E-state index in [1.807, 2.05) is 13.1 Å². The van der Waals surface area contributed by atoms with Crippen LogP contribution in [0.4, 0.5) is 0 Å². The van der Waals surface area contributed by atoms with Crippen molar-refractivity contribution in [3.63, 3.8) is 0 Å². The van der Waals surface area contributed by atoms with Gasteiger partial charge in [0, 0.05) is 24.2 Å². The van der Waals surface area contributed by atoms with E-state index in [0.717, 1.165) is 11.4 Å². The lowest BCUT2D eigenvalue weighted by Crippen LogP contribution is -2.13. The summed E-state index contributed by atoms with van der Waals surface area (Å²) >= 11 is 0. The van der Waals surface area contributed by atoms with Crippen molar-refractivity contribution in [1.29, 1.82) is 0 Å². The molecule has 0 aromatic carbocycles. The summed E-state index contributed by atoms with van der Waals surface area (Å²) < 4.78 is 0. The summed E-state index contributed by atoms with van der Waals surface area (Å²) in [5.41, 5.74) is 8.07. The van der Waals surface area contributed by atoms with Crippen LogP contribution in [0.3, 0.4) is 0 Å². The predicted octanol–water partition coefficient (Wildman–Crippen LogP) is 2.29. The lowest BCUT2D eigenvalue weighted by atomic mass is 9.85. The molecule has 1 aromatic rings. The molecule has 1 heterocycles. The molecule has 82 valence electrons. The van der Waals surface area contributed by atoms with E-state index < -0.39 is 0 Å². The third-order valence-corrected chi connectivity index (χ3v) is 3.23. The zero-order valence-corrected chi connectivity index (χ0v) is 9.37. The van der Waals surface area contributed by atoms with Gasteiger partial charge in [0.15, 0.2) is 0 Å². The van der Waals surface area contributed by atoms with Crippen LogP contribution in [0.2, 0.25) is 0 Å². The van der Waals surface area contributed by atoms with Gasteiger partial charge in [-0.15, -0.1) is 0 Å². The Labute approximate surface area is 91.1 Å². The maximum atomic E-state index is 5.73. The number of hydrogen-bond donors (Lipinski definition) is 1. The van der Waals surface area contributed by atoms with Gasteiger partial charge < -0.3 is 5.73 Å². The first kappa shape index (κ1) is 10.6. The number of hydrogen-bond acceptors (Lipinski definition) is 3. The summed E-state index contributed by atoms with van der Waals surface area (Å²) in [6.07, 6.45) is 8.47. The van der Waals surface area contributed by atoms with Gasteiger partial charge in [-0.25, -0.2) is 9.97 Å². The zero-order chi connectivity index (χ0) is 10.7. The first-order valence-corrected chi connectivity index (χ1v) is 5.83. The summed E-state index contributed by atoms with van der Waals surface area (Å²) in [6, 6.07) is 0. The maximum absolute atomic E-state index is 5.73. The molecule has 1 saturated carbocycles. The fourth-order valence-electron chi connectivity index (χ4n) is 2.40. The SMILES string of the molecule is Cc1ncc(CN)c(C2CCCCC2)n1. The molecule has 1 fully saturated rings. The molecule has 1 aliphatic rings. The molecule has 0 atom stereocenters. The molecule has 0 spiro atoms.